The maximum absolute atomic E-state index is 13.7. The molecule has 7 heteroatoms. The summed E-state index contributed by atoms with van der Waals surface area (Å²) in [5, 5.41) is 4.79. The van der Waals surface area contributed by atoms with Crippen LogP contribution < -0.4 is 10.1 Å². The SMILES string of the molecule is C=C(C)c1ccc(C[C@H](NC(=O)c2cc3cc(Oc4ccc(C(C)(C)C)cc4)ccc3c(CC3CCCC3)n2)C(=O)OC)s1. The molecule has 2 heterocycles. The molecule has 5 rings (SSSR count). The van der Waals surface area contributed by atoms with Gasteiger partial charge in [-0.2, -0.15) is 0 Å². The molecule has 2 aromatic heterocycles. The number of pyridine rings is 1. The number of ether oxygens (including phenoxy) is 2. The standard InChI is InChI=1S/C37H42N2O4S/c1-23(2)34-18-16-29(44-34)22-33(36(41)42-6)39-35(40)32-21-25-20-28(43-27-13-11-26(12-14-27)37(3,4)5)15-17-30(25)31(38-32)19-24-9-7-8-10-24/h11-18,20-21,24,33H,1,7-10,19,22H2,2-6H3,(H,39,40)/t33-/m0/s1. The molecule has 0 unspecified atom stereocenters. The van der Waals surface area contributed by atoms with E-state index in [1.54, 1.807) is 17.4 Å². The number of methoxy groups -OCH3 is 1. The van der Waals surface area contributed by atoms with Crippen molar-refractivity contribution in [3.8, 4) is 11.5 Å². The molecule has 1 atom stereocenters. The Balaban J connectivity index is 1.44. The minimum absolute atomic E-state index is 0.0609. The van der Waals surface area contributed by atoms with Gasteiger partial charge in [0, 0.05) is 27.3 Å². The van der Waals surface area contributed by atoms with E-state index in [0.717, 1.165) is 44.0 Å². The van der Waals surface area contributed by atoms with Gasteiger partial charge >= 0.3 is 5.97 Å². The highest BCUT2D eigenvalue weighted by Crippen LogP contribution is 2.33. The lowest BCUT2D eigenvalue weighted by Gasteiger charge is -2.19. The quantitative estimate of drug-likeness (QED) is 0.182. The van der Waals surface area contributed by atoms with Gasteiger partial charge in [-0.05, 0) is 89.7 Å². The highest BCUT2D eigenvalue weighted by Gasteiger charge is 2.26. The van der Waals surface area contributed by atoms with E-state index in [-0.39, 0.29) is 11.1 Å². The molecule has 230 valence electrons. The number of amides is 1. The van der Waals surface area contributed by atoms with Crippen LogP contribution in [0.1, 0.15) is 84.9 Å². The van der Waals surface area contributed by atoms with E-state index >= 15 is 0 Å². The fourth-order valence-corrected chi connectivity index (χ4v) is 6.76. The molecule has 0 radical (unpaired) electrons. The summed E-state index contributed by atoms with van der Waals surface area (Å²) >= 11 is 1.56. The van der Waals surface area contributed by atoms with Crippen molar-refractivity contribution in [1.82, 2.24) is 10.3 Å². The van der Waals surface area contributed by atoms with Crippen LogP contribution in [0.4, 0.5) is 0 Å². The number of aromatic nitrogens is 1. The Labute approximate surface area is 264 Å². The average molecular weight is 611 g/mol. The molecule has 0 spiro atoms. The molecule has 1 amide bonds. The summed E-state index contributed by atoms with van der Waals surface area (Å²) in [4.78, 5) is 33.3. The van der Waals surface area contributed by atoms with Gasteiger partial charge in [0.05, 0.1) is 7.11 Å². The van der Waals surface area contributed by atoms with E-state index in [1.807, 2.05) is 49.4 Å². The Kier molecular flexibility index (Phi) is 9.54. The first-order valence-corrected chi connectivity index (χ1v) is 16.2. The molecule has 1 aliphatic rings. The van der Waals surface area contributed by atoms with Crippen molar-refractivity contribution in [2.75, 3.05) is 7.11 Å². The first kappa shape index (κ1) is 31.5. The summed E-state index contributed by atoms with van der Waals surface area (Å²) in [5.41, 5.74) is 3.44. The van der Waals surface area contributed by atoms with Gasteiger partial charge in [0.25, 0.3) is 5.91 Å². The van der Waals surface area contributed by atoms with Crippen LogP contribution in [0.15, 0.2) is 67.2 Å². The third kappa shape index (κ3) is 7.56. The van der Waals surface area contributed by atoms with E-state index in [4.69, 9.17) is 14.5 Å². The van der Waals surface area contributed by atoms with Crippen molar-refractivity contribution in [3.05, 3.63) is 93.9 Å². The van der Waals surface area contributed by atoms with E-state index in [9.17, 15) is 9.59 Å². The normalized spacial score (nSPS) is 14.4. The number of allylic oxidation sites excluding steroid dienone is 1. The molecule has 0 saturated heterocycles. The van der Waals surface area contributed by atoms with E-state index in [1.165, 1.54) is 38.4 Å². The number of esters is 1. The van der Waals surface area contributed by atoms with Gasteiger partial charge in [-0.25, -0.2) is 9.78 Å². The van der Waals surface area contributed by atoms with E-state index in [2.05, 4.69) is 44.8 Å². The number of carbonyl (C=O) groups is 2. The second kappa shape index (κ2) is 13.3. The number of hydrogen-bond donors (Lipinski definition) is 1. The molecule has 44 heavy (non-hydrogen) atoms. The van der Waals surface area contributed by atoms with Crippen LogP contribution in [0, 0.1) is 5.92 Å². The number of nitrogens with one attached hydrogen (secondary N) is 1. The first-order chi connectivity index (χ1) is 21.0. The van der Waals surface area contributed by atoms with Crippen LogP contribution in [0.2, 0.25) is 0 Å². The van der Waals surface area contributed by atoms with Crippen molar-refractivity contribution < 1.29 is 19.1 Å². The predicted octanol–water partition coefficient (Wildman–Crippen LogP) is 8.67. The fraction of sp³-hybridized carbons (Fsp3) is 0.378. The zero-order valence-electron chi connectivity index (χ0n) is 26.4. The minimum atomic E-state index is -0.842. The van der Waals surface area contributed by atoms with Gasteiger partial charge in [0.2, 0.25) is 0 Å². The number of nitrogens with zero attached hydrogens (tertiary/aromatic N) is 1. The predicted molar refractivity (Wildman–Crippen MR) is 179 cm³/mol. The molecule has 2 aromatic carbocycles. The lowest BCUT2D eigenvalue weighted by atomic mass is 9.87. The third-order valence-corrected chi connectivity index (χ3v) is 9.58. The molecule has 0 aliphatic heterocycles. The maximum Gasteiger partial charge on any atom is 0.328 e. The number of fused-ring (bicyclic) bond motifs is 1. The Morgan fingerprint density at radius 1 is 1.02 bits per heavy atom. The molecular formula is C37H42N2O4S. The number of rotatable bonds is 10. The lowest BCUT2D eigenvalue weighted by molar-refractivity contribution is -0.142. The Morgan fingerprint density at radius 2 is 1.73 bits per heavy atom. The largest absolute Gasteiger partial charge is 0.467 e. The van der Waals surface area contributed by atoms with Crippen molar-refractivity contribution in [2.45, 2.75) is 77.7 Å². The molecule has 4 aromatic rings. The van der Waals surface area contributed by atoms with Gasteiger partial charge in [0.15, 0.2) is 0 Å². The lowest BCUT2D eigenvalue weighted by Crippen LogP contribution is -2.43. The van der Waals surface area contributed by atoms with Crippen LogP contribution in [0.3, 0.4) is 0 Å². The fourth-order valence-electron chi connectivity index (χ4n) is 5.78. The van der Waals surface area contributed by atoms with Crippen molar-refractivity contribution in [3.63, 3.8) is 0 Å². The number of benzene rings is 2. The summed E-state index contributed by atoms with van der Waals surface area (Å²) < 4.78 is 11.3. The van der Waals surface area contributed by atoms with Crippen LogP contribution in [-0.2, 0) is 27.8 Å². The topological polar surface area (TPSA) is 77.5 Å². The van der Waals surface area contributed by atoms with Crippen molar-refractivity contribution in [1.29, 1.82) is 0 Å². The van der Waals surface area contributed by atoms with Crippen molar-refractivity contribution >= 4 is 39.6 Å². The highest BCUT2D eigenvalue weighted by atomic mass is 32.1. The second-order valence-corrected chi connectivity index (χ2v) is 14.0. The summed E-state index contributed by atoms with van der Waals surface area (Å²) in [5.74, 6) is 1.08. The van der Waals surface area contributed by atoms with E-state index < -0.39 is 17.9 Å². The number of carbonyl (C=O) groups excluding carboxylic acids is 2. The number of thiophene rings is 1. The third-order valence-electron chi connectivity index (χ3n) is 8.31. The summed E-state index contributed by atoms with van der Waals surface area (Å²) in [6.07, 6.45) is 5.93. The Bertz CT molecular complexity index is 1660. The Hall–Kier alpha value is -3.97. The zero-order valence-corrected chi connectivity index (χ0v) is 27.2. The van der Waals surface area contributed by atoms with Crippen LogP contribution in [-0.4, -0.2) is 30.0 Å². The molecule has 1 saturated carbocycles. The van der Waals surface area contributed by atoms with Crippen LogP contribution in [0.5, 0.6) is 11.5 Å². The van der Waals surface area contributed by atoms with E-state index in [0.29, 0.717) is 18.1 Å². The first-order valence-electron chi connectivity index (χ1n) is 15.4. The van der Waals surface area contributed by atoms with Crippen LogP contribution >= 0.6 is 11.3 Å². The van der Waals surface area contributed by atoms with Crippen molar-refractivity contribution in [2.24, 2.45) is 5.92 Å². The van der Waals surface area contributed by atoms with Gasteiger partial charge in [-0.15, -0.1) is 11.3 Å². The monoisotopic (exact) mass is 610 g/mol. The molecule has 1 fully saturated rings. The van der Waals surface area contributed by atoms with Gasteiger partial charge < -0.3 is 14.8 Å². The molecular weight excluding hydrogens is 568 g/mol. The summed E-state index contributed by atoms with van der Waals surface area (Å²) in [6, 6.07) is 19.0. The Morgan fingerprint density at radius 3 is 2.36 bits per heavy atom. The minimum Gasteiger partial charge on any atom is -0.467 e. The van der Waals surface area contributed by atoms with Gasteiger partial charge in [-0.1, -0.05) is 65.2 Å². The second-order valence-electron chi connectivity index (χ2n) is 12.9. The molecule has 0 bridgehead atoms. The molecule has 1 aliphatic carbocycles. The number of hydrogen-bond acceptors (Lipinski definition) is 6. The van der Waals surface area contributed by atoms with Gasteiger partial charge in [-0.3, -0.25) is 4.79 Å². The van der Waals surface area contributed by atoms with Crippen LogP contribution in [0.25, 0.3) is 16.3 Å². The highest BCUT2D eigenvalue weighted by molar-refractivity contribution is 7.13. The smallest absolute Gasteiger partial charge is 0.328 e. The van der Waals surface area contributed by atoms with Gasteiger partial charge in [0.1, 0.15) is 23.2 Å². The average Bonchev–Trinajstić information content (AvgIpc) is 3.68. The summed E-state index contributed by atoms with van der Waals surface area (Å²) in [7, 11) is 1.33. The maximum atomic E-state index is 13.7. The zero-order chi connectivity index (χ0) is 31.4. The molecule has 6 nitrogen and oxygen atoms in total. The summed E-state index contributed by atoms with van der Waals surface area (Å²) in [6.45, 7) is 12.5. The molecule has 1 N–H and O–H groups in total.